The Kier molecular flexibility index (Phi) is 2.25. The predicted molar refractivity (Wildman–Crippen MR) is 66.4 cm³/mol. The van der Waals surface area contributed by atoms with Gasteiger partial charge < -0.3 is 10.2 Å². The Morgan fingerprint density at radius 3 is 3.20 bits per heavy atom. The molecule has 0 saturated carbocycles. The Hall–Kier alpha value is -0.540. The normalized spacial score (nSPS) is 29.5. The van der Waals surface area contributed by atoms with E-state index in [2.05, 4.69) is 51.4 Å². The molecule has 2 heterocycles. The Morgan fingerprint density at radius 1 is 1.47 bits per heavy atom. The zero-order valence-electron chi connectivity index (χ0n) is 8.83. The Balaban J connectivity index is 1.98. The van der Waals surface area contributed by atoms with Crippen LogP contribution in [0.25, 0.3) is 0 Å². The van der Waals surface area contributed by atoms with Gasteiger partial charge in [0.05, 0.1) is 0 Å². The van der Waals surface area contributed by atoms with Gasteiger partial charge in [-0.05, 0) is 43.8 Å². The van der Waals surface area contributed by atoms with Gasteiger partial charge in [0.2, 0.25) is 0 Å². The zero-order chi connectivity index (χ0) is 10.4. The standard InChI is InChI=1S/C12H15BrN2/c1-15-5-4-12-10(7-15)9-6-8(13)2-3-11(9)14-12/h2-3,6,10,12,14H,4-5,7H2,1H3. The molecule has 80 valence electrons. The van der Waals surface area contributed by atoms with E-state index in [9.17, 15) is 0 Å². The minimum Gasteiger partial charge on any atom is -0.381 e. The maximum Gasteiger partial charge on any atom is 0.0380 e. The number of likely N-dealkylation sites (N-methyl/N-ethyl adjacent to an activating group) is 1. The van der Waals surface area contributed by atoms with E-state index in [4.69, 9.17) is 0 Å². The van der Waals surface area contributed by atoms with Crippen LogP contribution in [0.2, 0.25) is 0 Å². The lowest BCUT2D eigenvalue weighted by Crippen LogP contribution is -2.39. The fourth-order valence-electron chi connectivity index (χ4n) is 2.77. The first-order chi connectivity index (χ1) is 7.24. The van der Waals surface area contributed by atoms with Crippen LogP contribution in [0.4, 0.5) is 5.69 Å². The number of benzene rings is 1. The van der Waals surface area contributed by atoms with Gasteiger partial charge in [0, 0.05) is 28.7 Å². The van der Waals surface area contributed by atoms with Crippen molar-refractivity contribution < 1.29 is 0 Å². The molecule has 1 N–H and O–H groups in total. The van der Waals surface area contributed by atoms with Crippen molar-refractivity contribution in [3.05, 3.63) is 28.2 Å². The van der Waals surface area contributed by atoms with Crippen LogP contribution in [0.5, 0.6) is 0 Å². The number of hydrogen-bond donors (Lipinski definition) is 1. The molecule has 2 atom stereocenters. The molecule has 3 rings (SSSR count). The number of hydrogen-bond acceptors (Lipinski definition) is 2. The molecule has 2 aliphatic heterocycles. The van der Waals surface area contributed by atoms with Crippen LogP contribution < -0.4 is 5.32 Å². The number of nitrogens with zero attached hydrogens (tertiary/aromatic N) is 1. The number of fused-ring (bicyclic) bond motifs is 3. The average Bonchev–Trinajstić information content (AvgIpc) is 2.56. The van der Waals surface area contributed by atoms with Crippen LogP contribution in [-0.4, -0.2) is 31.1 Å². The van der Waals surface area contributed by atoms with Gasteiger partial charge in [-0.2, -0.15) is 0 Å². The molecule has 15 heavy (non-hydrogen) atoms. The van der Waals surface area contributed by atoms with E-state index in [1.165, 1.54) is 35.2 Å². The summed E-state index contributed by atoms with van der Waals surface area (Å²) in [6.07, 6.45) is 1.26. The summed E-state index contributed by atoms with van der Waals surface area (Å²) >= 11 is 3.56. The lowest BCUT2D eigenvalue weighted by atomic mass is 9.90. The Bertz CT molecular complexity index is 391. The van der Waals surface area contributed by atoms with E-state index in [1.807, 2.05) is 0 Å². The second-order valence-corrected chi connectivity index (χ2v) is 5.56. The van der Waals surface area contributed by atoms with E-state index in [-0.39, 0.29) is 0 Å². The van der Waals surface area contributed by atoms with Crippen molar-refractivity contribution in [1.29, 1.82) is 0 Å². The van der Waals surface area contributed by atoms with Gasteiger partial charge in [-0.3, -0.25) is 0 Å². The van der Waals surface area contributed by atoms with Gasteiger partial charge in [0.15, 0.2) is 0 Å². The molecule has 0 radical (unpaired) electrons. The van der Waals surface area contributed by atoms with Gasteiger partial charge in [-0.1, -0.05) is 15.9 Å². The van der Waals surface area contributed by atoms with Crippen LogP contribution in [0.15, 0.2) is 22.7 Å². The molecule has 2 unspecified atom stereocenters. The third kappa shape index (κ3) is 1.58. The van der Waals surface area contributed by atoms with Crippen molar-refractivity contribution in [2.75, 3.05) is 25.5 Å². The summed E-state index contributed by atoms with van der Waals surface area (Å²) in [5, 5.41) is 3.64. The molecule has 0 amide bonds. The summed E-state index contributed by atoms with van der Waals surface area (Å²) in [4.78, 5) is 2.43. The number of anilines is 1. The minimum atomic E-state index is 0.658. The van der Waals surface area contributed by atoms with Crippen molar-refractivity contribution in [2.45, 2.75) is 18.4 Å². The minimum absolute atomic E-state index is 0.658. The van der Waals surface area contributed by atoms with E-state index in [0.717, 1.165) is 0 Å². The molecule has 0 spiro atoms. The predicted octanol–water partition coefficient (Wildman–Crippen LogP) is 2.66. The van der Waals surface area contributed by atoms with Crippen LogP contribution in [0.3, 0.4) is 0 Å². The number of likely N-dealkylation sites (tertiary alicyclic amines) is 1. The molecule has 1 aromatic rings. The van der Waals surface area contributed by atoms with Crippen molar-refractivity contribution in [2.24, 2.45) is 0 Å². The van der Waals surface area contributed by atoms with Crippen LogP contribution >= 0.6 is 15.9 Å². The SMILES string of the molecule is CN1CCC2Nc3ccc(Br)cc3C2C1. The molecule has 1 fully saturated rings. The van der Waals surface area contributed by atoms with Crippen LogP contribution in [0, 0.1) is 0 Å². The van der Waals surface area contributed by atoms with Crippen molar-refractivity contribution in [3.8, 4) is 0 Å². The first kappa shape index (κ1) is 9.67. The Labute approximate surface area is 98.8 Å². The maximum atomic E-state index is 3.64. The first-order valence-corrected chi connectivity index (χ1v) is 6.28. The lowest BCUT2D eigenvalue weighted by molar-refractivity contribution is 0.243. The van der Waals surface area contributed by atoms with Crippen LogP contribution in [0.1, 0.15) is 17.9 Å². The third-order valence-electron chi connectivity index (χ3n) is 3.57. The molecule has 1 saturated heterocycles. The Morgan fingerprint density at radius 2 is 2.33 bits per heavy atom. The summed E-state index contributed by atoms with van der Waals surface area (Å²) in [5.41, 5.74) is 2.82. The largest absolute Gasteiger partial charge is 0.381 e. The third-order valence-corrected chi connectivity index (χ3v) is 4.06. The van der Waals surface area contributed by atoms with Gasteiger partial charge in [-0.25, -0.2) is 0 Å². The number of nitrogens with one attached hydrogen (secondary N) is 1. The molecule has 0 aromatic heterocycles. The number of rotatable bonds is 0. The fourth-order valence-corrected chi connectivity index (χ4v) is 3.15. The summed E-state index contributed by atoms with van der Waals surface area (Å²) in [5.74, 6) is 0.677. The first-order valence-electron chi connectivity index (χ1n) is 5.48. The summed E-state index contributed by atoms with van der Waals surface area (Å²) in [6, 6.07) is 7.24. The molecular formula is C12H15BrN2. The fraction of sp³-hybridized carbons (Fsp3) is 0.500. The highest BCUT2D eigenvalue weighted by Crippen LogP contribution is 2.40. The topological polar surface area (TPSA) is 15.3 Å². The monoisotopic (exact) mass is 266 g/mol. The van der Waals surface area contributed by atoms with Gasteiger partial charge in [0.25, 0.3) is 0 Å². The second-order valence-electron chi connectivity index (χ2n) is 4.64. The van der Waals surface area contributed by atoms with E-state index in [0.29, 0.717) is 12.0 Å². The zero-order valence-corrected chi connectivity index (χ0v) is 10.4. The summed E-state index contributed by atoms with van der Waals surface area (Å²) < 4.78 is 1.19. The summed E-state index contributed by atoms with van der Waals surface area (Å²) in [6.45, 7) is 2.39. The molecule has 0 aliphatic carbocycles. The second kappa shape index (κ2) is 3.49. The average molecular weight is 267 g/mol. The molecule has 0 bridgehead atoms. The molecule has 1 aromatic carbocycles. The molecule has 3 heteroatoms. The maximum absolute atomic E-state index is 3.64. The van der Waals surface area contributed by atoms with Gasteiger partial charge in [-0.15, -0.1) is 0 Å². The molecule has 2 nitrogen and oxygen atoms in total. The van der Waals surface area contributed by atoms with Gasteiger partial charge >= 0.3 is 0 Å². The molecular weight excluding hydrogens is 252 g/mol. The quantitative estimate of drug-likeness (QED) is 0.777. The highest BCUT2D eigenvalue weighted by Gasteiger charge is 2.35. The van der Waals surface area contributed by atoms with E-state index < -0.39 is 0 Å². The number of piperidine rings is 1. The number of halogens is 1. The van der Waals surface area contributed by atoms with Crippen LogP contribution in [-0.2, 0) is 0 Å². The lowest BCUT2D eigenvalue weighted by Gasteiger charge is -2.32. The van der Waals surface area contributed by atoms with E-state index >= 15 is 0 Å². The van der Waals surface area contributed by atoms with Crippen molar-refractivity contribution >= 4 is 21.6 Å². The summed E-state index contributed by atoms with van der Waals surface area (Å²) in [7, 11) is 2.21. The van der Waals surface area contributed by atoms with E-state index in [1.54, 1.807) is 0 Å². The van der Waals surface area contributed by atoms with Gasteiger partial charge in [0.1, 0.15) is 0 Å². The van der Waals surface area contributed by atoms with Crippen molar-refractivity contribution in [1.82, 2.24) is 4.90 Å². The highest BCUT2D eigenvalue weighted by molar-refractivity contribution is 9.10. The van der Waals surface area contributed by atoms with Crippen molar-refractivity contribution in [3.63, 3.8) is 0 Å². The molecule has 2 aliphatic rings. The smallest absolute Gasteiger partial charge is 0.0380 e. The highest BCUT2D eigenvalue weighted by atomic mass is 79.9.